The van der Waals surface area contributed by atoms with E-state index in [1.165, 1.54) is 0 Å². The van der Waals surface area contributed by atoms with Gasteiger partial charge >= 0.3 is 5.97 Å². The summed E-state index contributed by atoms with van der Waals surface area (Å²) in [6.07, 6.45) is 1.64. The minimum absolute atomic E-state index is 0.248. The van der Waals surface area contributed by atoms with Gasteiger partial charge in [-0.15, -0.1) is 0 Å². The second-order valence-electron chi connectivity index (χ2n) is 3.18. The minimum Gasteiger partial charge on any atom is -0.477 e. The second-order valence-corrected chi connectivity index (χ2v) is 3.18. The molecule has 0 fully saturated rings. The van der Waals surface area contributed by atoms with Crippen molar-refractivity contribution < 1.29 is 9.90 Å². The smallest absolute Gasteiger partial charge is 0.352 e. The fraction of sp³-hybridized carbons (Fsp3) is 0.182. The van der Waals surface area contributed by atoms with Crippen LogP contribution in [0.1, 0.15) is 28.7 Å². The van der Waals surface area contributed by atoms with Gasteiger partial charge in [-0.2, -0.15) is 0 Å². The monoisotopic (exact) mass is 191 g/mol. The summed E-state index contributed by atoms with van der Waals surface area (Å²) >= 11 is 0. The van der Waals surface area contributed by atoms with Crippen LogP contribution in [0.15, 0.2) is 19.2 Å². The van der Waals surface area contributed by atoms with Crippen molar-refractivity contribution in [2.75, 3.05) is 0 Å². The van der Waals surface area contributed by atoms with Crippen LogP contribution in [0.4, 0.5) is 0 Å². The molecule has 0 aliphatic rings. The summed E-state index contributed by atoms with van der Waals surface area (Å²) in [5, 5.41) is 8.90. The van der Waals surface area contributed by atoms with E-state index in [1.807, 2.05) is 6.92 Å². The molecule has 3 nitrogen and oxygen atoms in total. The Morgan fingerprint density at radius 1 is 1.64 bits per heavy atom. The number of carbonyl (C=O) groups is 1. The van der Waals surface area contributed by atoms with Gasteiger partial charge in [0.05, 0.1) is 5.69 Å². The molecule has 1 N–H and O–H groups in total. The van der Waals surface area contributed by atoms with Gasteiger partial charge in [-0.25, -0.2) is 4.79 Å². The number of carboxylic acid groups (broad SMARTS) is 1. The zero-order chi connectivity index (χ0) is 10.9. The number of aromatic carboxylic acids is 1. The lowest BCUT2D eigenvalue weighted by molar-refractivity contribution is 0.0686. The lowest BCUT2D eigenvalue weighted by Gasteiger charge is -2.05. The molecule has 0 spiro atoms. The number of allylic oxidation sites excluding steroid dienone is 1. The highest BCUT2D eigenvalue weighted by Crippen LogP contribution is 2.22. The third-order valence-corrected chi connectivity index (χ3v) is 2.11. The van der Waals surface area contributed by atoms with Gasteiger partial charge in [0.25, 0.3) is 0 Å². The molecule has 0 aromatic carbocycles. The Kier molecular flexibility index (Phi) is 2.60. The van der Waals surface area contributed by atoms with Crippen LogP contribution in [-0.2, 0) is 7.05 Å². The van der Waals surface area contributed by atoms with Crippen LogP contribution in [0.3, 0.4) is 0 Å². The summed E-state index contributed by atoms with van der Waals surface area (Å²) in [5.74, 6) is -0.942. The Bertz CT molecular complexity index is 413. The molecule has 0 unspecified atom stereocenters. The molecule has 0 amide bonds. The topological polar surface area (TPSA) is 42.2 Å². The number of nitrogens with zero attached hydrogens (tertiary/aromatic N) is 1. The van der Waals surface area contributed by atoms with Crippen molar-refractivity contribution in [1.82, 2.24) is 4.57 Å². The molecule has 3 heteroatoms. The first-order valence-electron chi connectivity index (χ1n) is 4.20. The Morgan fingerprint density at radius 2 is 2.21 bits per heavy atom. The molecule has 1 heterocycles. The Balaban J connectivity index is 3.48. The highest BCUT2D eigenvalue weighted by molar-refractivity contribution is 5.89. The Morgan fingerprint density at radius 3 is 2.50 bits per heavy atom. The third kappa shape index (κ3) is 1.48. The average Bonchev–Trinajstić information content (AvgIpc) is 2.42. The van der Waals surface area contributed by atoms with Crippen LogP contribution in [0, 0.1) is 0 Å². The van der Waals surface area contributed by atoms with Crippen molar-refractivity contribution in [2.45, 2.75) is 6.92 Å². The molecular weight excluding hydrogens is 178 g/mol. The summed E-state index contributed by atoms with van der Waals surface area (Å²) in [5.41, 5.74) is 2.70. The van der Waals surface area contributed by atoms with Gasteiger partial charge in [0.2, 0.25) is 0 Å². The van der Waals surface area contributed by atoms with Crippen molar-refractivity contribution in [3.8, 4) is 0 Å². The van der Waals surface area contributed by atoms with E-state index in [2.05, 4.69) is 13.2 Å². The largest absolute Gasteiger partial charge is 0.477 e. The molecule has 0 radical (unpaired) electrons. The van der Waals surface area contributed by atoms with Crippen LogP contribution in [0.5, 0.6) is 0 Å². The molecule has 0 saturated carbocycles. The first kappa shape index (κ1) is 10.3. The maximum absolute atomic E-state index is 10.8. The van der Waals surface area contributed by atoms with Crippen LogP contribution < -0.4 is 0 Å². The lowest BCUT2D eigenvalue weighted by atomic mass is 10.1. The summed E-state index contributed by atoms with van der Waals surface area (Å²) in [6.45, 7) is 9.29. The van der Waals surface area contributed by atoms with E-state index >= 15 is 0 Å². The fourth-order valence-corrected chi connectivity index (χ4v) is 1.52. The lowest BCUT2D eigenvalue weighted by Crippen LogP contribution is -2.05. The molecule has 0 aliphatic heterocycles. The van der Waals surface area contributed by atoms with E-state index in [0.29, 0.717) is 0 Å². The average molecular weight is 191 g/mol. The van der Waals surface area contributed by atoms with Crippen molar-refractivity contribution >= 4 is 17.6 Å². The van der Waals surface area contributed by atoms with Gasteiger partial charge in [-0.3, -0.25) is 0 Å². The van der Waals surface area contributed by atoms with Crippen molar-refractivity contribution in [3.05, 3.63) is 36.2 Å². The van der Waals surface area contributed by atoms with E-state index in [1.54, 1.807) is 23.8 Å². The van der Waals surface area contributed by atoms with Gasteiger partial charge in [0, 0.05) is 12.6 Å². The first-order chi connectivity index (χ1) is 6.49. The SMILES string of the molecule is C=Cc1cc(C(=O)O)n(C)c1C(=C)C. The van der Waals surface area contributed by atoms with Gasteiger partial charge in [0.15, 0.2) is 0 Å². The standard InChI is InChI=1S/C11H13NO2/c1-5-8-6-9(11(13)14)12(4)10(8)7(2)3/h5-6H,1-2H2,3-4H3,(H,13,14). The first-order valence-corrected chi connectivity index (χ1v) is 4.20. The molecule has 1 rings (SSSR count). The van der Waals surface area contributed by atoms with Crippen LogP contribution >= 0.6 is 0 Å². The van der Waals surface area contributed by atoms with E-state index in [0.717, 1.165) is 16.8 Å². The highest BCUT2D eigenvalue weighted by atomic mass is 16.4. The highest BCUT2D eigenvalue weighted by Gasteiger charge is 2.15. The maximum atomic E-state index is 10.8. The summed E-state index contributed by atoms with van der Waals surface area (Å²) in [7, 11) is 1.71. The van der Waals surface area contributed by atoms with Crippen molar-refractivity contribution in [3.63, 3.8) is 0 Å². The predicted molar refractivity (Wildman–Crippen MR) is 57.2 cm³/mol. The molecule has 74 valence electrons. The van der Waals surface area contributed by atoms with Gasteiger partial charge in [-0.1, -0.05) is 19.2 Å². The number of aromatic nitrogens is 1. The maximum Gasteiger partial charge on any atom is 0.352 e. The molecule has 1 aromatic heterocycles. The van der Waals surface area contributed by atoms with Crippen molar-refractivity contribution in [2.24, 2.45) is 7.05 Å². The van der Waals surface area contributed by atoms with E-state index in [-0.39, 0.29) is 5.69 Å². The molecule has 1 aromatic rings. The number of hydrogen-bond acceptors (Lipinski definition) is 1. The van der Waals surface area contributed by atoms with Crippen LogP contribution in [0.25, 0.3) is 11.6 Å². The molecule has 0 bridgehead atoms. The third-order valence-electron chi connectivity index (χ3n) is 2.11. The zero-order valence-electron chi connectivity index (χ0n) is 8.37. The van der Waals surface area contributed by atoms with E-state index in [4.69, 9.17) is 5.11 Å². The molecule has 0 saturated heterocycles. The number of hydrogen-bond donors (Lipinski definition) is 1. The van der Waals surface area contributed by atoms with Gasteiger partial charge in [0.1, 0.15) is 5.69 Å². The van der Waals surface area contributed by atoms with Crippen LogP contribution in [-0.4, -0.2) is 15.6 Å². The van der Waals surface area contributed by atoms with Gasteiger partial charge in [-0.05, 0) is 18.6 Å². The number of rotatable bonds is 3. The molecule has 14 heavy (non-hydrogen) atoms. The summed E-state index contributed by atoms with van der Waals surface area (Å²) in [4.78, 5) is 10.8. The van der Waals surface area contributed by atoms with E-state index in [9.17, 15) is 4.79 Å². The predicted octanol–water partition coefficient (Wildman–Crippen LogP) is 2.40. The van der Waals surface area contributed by atoms with Gasteiger partial charge < -0.3 is 9.67 Å². The second kappa shape index (κ2) is 3.54. The molecule has 0 atom stereocenters. The summed E-state index contributed by atoms with van der Waals surface area (Å²) < 4.78 is 1.61. The number of carboxylic acids is 1. The Hall–Kier alpha value is -1.77. The minimum atomic E-state index is -0.942. The molecular formula is C11H13NO2. The molecule has 0 aliphatic carbocycles. The van der Waals surface area contributed by atoms with Crippen molar-refractivity contribution in [1.29, 1.82) is 0 Å². The Labute approximate surface area is 83.0 Å². The fourth-order valence-electron chi connectivity index (χ4n) is 1.52. The van der Waals surface area contributed by atoms with E-state index < -0.39 is 5.97 Å². The zero-order valence-corrected chi connectivity index (χ0v) is 8.37. The normalized spacial score (nSPS) is 9.86. The summed E-state index contributed by atoms with van der Waals surface area (Å²) in [6, 6.07) is 1.60. The van der Waals surface area contributed by atoms with Crippen LogP contribution in [0.2, 0.25) is 0 Å². The quantitative estimate of drug-likeness (QED) is 0.797.